The van der Waals surface area contributed by atoms with E-state index in [-0.39, 0.29) is 19.0 Å². The number of aromatic nitrogens is 2. The molecule has 3 rings (SSSR count). The fourth-order valence-electron chi connectivity index (χ4n) is 3.01. The Morgan fingerprint density at radius 2 is 1.68 bits per heavy atom. The van der Waals surface area contributed by atoms with E-state index in [1.807, 2.05) is 0 Å². The average Bonchev–Trinajstić information content (AvgIpc) is 3.10. The van der Waals surface area contributed by atoms with Crippen molar-refractivity contribution in [1.82, 2.24) is 14.9 Å². The average molecular weight is 446 g/mol. The summed E-state index contributed by atoms with van der Waals surface area (Å²) in [6.45, 7) is 3.02. The van der Waals surface area contributed by atoms with Gasteiger partial charge in [-0.1, -0.05) is 6.58 Å². The number of likely N-dealkylation sites (tertiary alicyclic amines) is 1. The quantitative estimate of drug-likeness (QED) is 0.543. The summed E-state index contributed by atoms with van der Waals surface area (Å²) in [6, 6.07) is 1.38. The number of benzene rings is 1. The van der Waals surface area contributed by atoms with Gasteiger partial charge in [0.05, 0.1) is 29.6 Å². The van der Waals surface area contributed by atoms with Crippen LogP contribution in [0.4, 0.5) is 32.3 Å². The summed E-state index contributed by atoms with van der Waals surface area (Å²) >= 11 is 0. The van der Waals surface area contributed by atoms with Gasteiger partial charge in [0.1, 0.15) is 6.10 Å². The molecule has 1 fully saturated rings. The maximum atomic E-state index is 14.7. The molecule has 0 unspecified atom stereocenters. The normalized spacial score (nSPS) is 19.4. The van der Waals surface area contributed by atoms with Gasteiger partial charge in [-0.2, -0.15) is 22.0 Å². The summed E-state index contributed by atoms with van der Waals surface area (Å²) in [5.74, 6) is -1.32. The molecule has 2 heterocycles. The van der Waals surface area contributed by atoms with E-state index in [0.29, 0.717) is 24.3 Å². The number of rotatable bonds is 6. The van der Waals surface area contributed by atoms with Gasteiger partial charge < -0.3 is 15.0 Å². The lowest BCUT2D eigenvalue weighted by atomic mass is 10.1. The Kier molecular flexibility index (Phi) is 6.20. The molecule has 2 aromatic rings. The minimum Gasteiger partial charge on any atom is -0.347 e. The number of carbonyl (C=O) groups excluding carboxylic acids is 1. The molecule has 166 valence electrons. The summed E-state index contributed by atoms with van der Waals surface area (Å²) in [7, 11) is 0. The van der Waals surface area contributed by atoms with Crippen molar-refractivity contribution in [2.75, 3.05) is 18.4 Å². The van der Waals surface area contributed by atoms with Crippen molar-refractivity contribution in [3.8, 4) is 0 Å². The molecule has 1 aliphatic rings. The lowest BCUT2D eigenvalue weighted by molar-refractivity contribution is -0.271. The molecule has 0 bridgehead atoms. The zero-order chi connectivity index (χ0) is 22.8. The Balaban J connectivity index is 1.79. The number of anilines is 1. The molecule has 0 spiro atoms. The summed E-state index contributed by atoms with van der Waals surface area (Å²) in [4.78, 5) is 20.5. The second-order valence-corrected chi connectivity index (χ2v) is 6.67. The highest BCUT2D eigenvalue weighted by Crippen LogP contribution is 2.36. The van der Waals surface area contributed by atoms with E-state index >= 15 is 0 Å². The van der Waals surface area contributed by atoms with Gasteiger partial charge in [-0.3, -0.25) is 4.79 Å². The molecule has 1 aliphatic heterocycles. The van der Waals surface area contributed by atoms with E-state index in [0.717, 1.165) is 18.5 Å². The zero-order valence-corrected chi connectivity index (χ0v) is 15.7. The summed E-state index contributed by atoms with van der Waals surface area (Å²) in [5.41, 5.74) is -1.87. The molecular formula is C19H16F6N4O2. The van der Waals surface area contributed by atoms with Gasteiger partial charge in [0, 0.05) is 13.1 Å². The molecule has 1 aromatic heterocycles. The smallest absolute Gasteiger partial charge is 0.347 e. The molecular weight excluding hydrogens is 430 g/mol. The van der Waals surface area contributed by atoms with Crippen LogP contribution in [-0.4, -0.2) is 46.0 Å². The van der Waals surface area contributed by atoms with Gasteiger partial charge in [0.25, 0.3) is 0 Å². The standard InChI is InChI=1S/C19H16F6N4O2/c1-2-16(30)29-9-14(28-17-26-7-13(20)8-27-17)15(10-29)31-19(24,25)12-5-3-11(4-6-12)18(21,22)23/h2-8,14-15H,1,9-10H2,(H,26,27,28)/t14-,15-/m1/s1. The zero-order valence-electron chi connectivity index (χ0n) is 15.7. The lowest BCUT2D eigenvalue weighted by Gasteiger charge is -2.25. The van der Waals surface area contributed by atoms with Crippen molar-refractivity contribution in [1.29, 1.82) is 0 Å². The van der Waals surface area contributed by atoms with Crippen LogP contribution in [0.25, 0.3) is 0 Å². The maximum absolute atomic E-state index is 14.7. The number of hydrogen-bond acceptors (Lipinski definition) is 5. The SMILES string of the molecule is C=CC(=O)N1C[C@@H](Nc2ncc(F)cn2)[C@H](OC(F)(F)c2ccc(C(F)(F)F)cc2)C1. The fraction of sp³-hybridized carbons (Fsp3) is 0.316. The largest absolute Gasteiger partial charge is 0.416 e. The highest BCUT2D eigenvalue weighted by molar-refractivity contribution is 5.87. The molecule has 1 saturated heterocycles. The summed E-state index contributed by atoms with van der Waals surface area (Å²) in [5, 5.41) is 2.71. The first-order chi connectivity index (χ1) is 14.5. The maximum Gasteiger partial charge on any atom is 0.416 e. The first-order valence-corrected chi connectivity index (χ1v) is 8.88. The van der Waals surface area contributed by atoms with E-state index in [4.69, 9.17) is 4.74 Å². The number of ether oxygens (including phenoxy) is 1. The Morgan fingerprint density at radius 1 is 1.10 bits per heavy atom. The Bertz CT molecular complexity index is 934. The second kappa shape index (κ2) is 8.53. The Morgan fingerprint density at radius 3 is 2.23 bits per heavy atom. The molecule has 0 radical (unpaired) electrons. The Hall–Kier alpha value is -3.15. The van der Waals surface area contributed by atoms with Gasteiger partial charge in [-0.25, -0.2) is 14.4 Å². The van der Waals surface area contributed by atoms with E-state index in [2.05, 4.69) is 21.9 Å². The predicted molar refractivity (Wildman–Crippen MR) is 96.4 cm³/mol. The van der Waals surface area contributed by atoms with Crippen LogP contribution in [0.1, 0.15) is 11.1 Å². The van der Waals surface area contributed by atoms with Crippen molar-refractivity contribution in [2.24, 2.45) is 0 Å². The number of hydrogen-bond donors (Lipinski definition) is 1. The molecule has 12 heteroatoms. The molecule has 1 N–H and O–H groups in total. The molecule has 0 saturated carbocycles. The minimum atomic E-state index is -4.67. The summed E-state index contributed by atoms with van der Waals surface area (Å²) < 4.78 is 85.3. The molecule has 31 heavy (non-hydrogen) atoms. The molecule has 6 nitrogen and oxygen atoms in total. The van der Waals surface area contributed by atoms with Crippen molar-refractivity contribution in [3.63, 3.8) is 0 Å². The summed E-state index contributed by atoms with van der Waals surface area (Å²) in [6.07, 6.45) is -7.17. The van der Waals surface area contributed by atoms with E-state index in [9.17, 15) is 31.1 Å². The monoisotopic (exact) mass is 446 g/mol. The van der Waals surface area contributed by atoms with Crippen LogP contribution in [0, 0.1) is 5.82 Å². The number of nitrogens with zero attached hydrogens (tertiary/aromatic N) is 3. The van der Waals surface area contributed by atoms with Crippen molar-refractivity contribution < 1.29 is 35.9 Å². The third-order valence-corrected chi connectivity index (χ3v) is 4.54. The van der Waals surface area contributed by atoms with Gasteiger partial charge >= 0.3 is 12.3 Å². The van der Waals surface area contributed by atoms with Crippen molar-refractivity contribution in [3.05, 3.63) is 66.3 Å². The number of carbonyl (C=O) groups is 1. The third-order valence-electron chi connectivity index (χ3n) is 4.54. The molecule has 1 amide bonds. The van der Waals surface area contributed by atoms with Gasteiger partial charge in [-0.15, -0.1) is 0 Å². The van der Waals surface area contributed by atoms with Gasteiger partial charge in [0.2, 0.25) is 11.9 Å². The number of nitrogens with one attached hydrogen (secondary N) is 1. The highest BCUT2D eigenvalue weighted by Gasteiger charge is 2.44. The first-order valence-electron chi connectivity index (χ1n) is 8.88. The molecule has 2 atom stereocenters. The van der Waals surface area contributed by atoms with Crippen LogP contribution >= 0.6 is 0 Å². The third kappa shape index (κ3) is 5.32. The minimum absolute atomic E-state index is 0.0701. The van der Waals surface area contributed by atoms with Crippen molar-refractivity contribution >= 4 is 11.9 Å². The van der Waals surface area contributed by atoms with Crippen LogP contribution in [0.5, 0.6) is 0 Å². The van der Waals surface area contributed by atoms with Crippen LogP contribution in [0.2, 0.25) is 0 Å². The second-order valence-electron chi connectivity index (χ2n) is 6.67. The molecule has 0 aliphatic carbocycles. The number of amides is 1. The lowest BCUT2D eigenvalue weighted by Crippen LogP contribution is -2.39. The number of halogens is 6. The van der Waals surface area contributed by atoms with Gasteiger partial charge in [-0.05, 0) is 30.3 Å². The van der Waals surface area contributed by atoms with Gasteiger partial charge in [0.15, 0.2) is 5.82 Å². The topological polar surface area (TPSA) is 67.4 Å². The number of alkyl halides is 5. The highest BCUT2D eigenvalue weighted by atomic mass is 19.4. The van der Waals surface area contributed by atoms with Crippen molar-refractivity contribution in [2.45, 2.75) is 24.4 Å². The van der Waals surface area contributed by atoms with Crippen LogP contribution in [0.3, 0.4) is 0 Å². The first kappa shape index (κ1) is 22.5. The van der Waals surface area contributed by atoms with E-state index < -0.39 is 47.3 Å². The fourth-order valence-corrected chi connectivity index (χ4v) is 3.01. The van der Waals surface area contributed by atoms with E-state index in [1.165, 1.54) is 4.90 Å². The van der Waals surface area contributed by atoms with Crippen LogP contribution in [-0.2, 0) is 21.8 Å². The molecule has 1 aromatic carbocycles. The van der Waals surface area contributed by atoms with Crippen LogP contribution in [0.15, 0.2) is 49.3 Å². The Labute approximate surface area is 172 Å². The van der Waals surface area contributed by atoms with Crippen LogP contribution < -0.4 is 5.32 Å². The predicted octanol–water partition coefficient (Wildman–Crippen LogP) is 3.58. The van der Waals surface area contributed by atoms with E-state index in [1.54, 1.807) is 0 Å².